The largest absolute Gasteiger partial charge is 0.478 e. The van der Waals surface area contributed by atoms with Crippen LogP contribution in [0, 0.1) is 11.7 Å². The zero-order valence-electron chi connectivity index (χ0n) is 11.6. The summed E-state index contributed by atoms with van der Waals surface area (Å²) in [7, 11) is 1.63. The van der Waals surface area contributed by atoms with E-state index in [1.165, 1.54) is 6.07 Å². The van der Waals surface area contributed by atoms with Crippen molar-refractivity contribution in [3.8, 4) is 0 Å². The molecule has 0 radical (unpaired) electrons. The highest BCUT2D eigenvalue weighted by Gasteiger charge is 2.28. The van der Waals surface area contributed by atoms with E-state index in [1.807, 2.05) is 4.90 Å². The van der Waals surface area contributed by atoms with Gasteiger partial charge in [-0.25, -0.2) is 9.18 Å². The van der Waals surface area contributed by atoms with Crippen molar-refractivity contribution in [1.82, 2.24) is 0 Å². The normalized spacial score (nSPS) is 22.9. The first-order chi connectivity index (χ1) is 9.43. The number of carbonyl (C=O) groups is 1. The minimum absolute atomic E-state index is 0.00832. The third kappa shape index (κ3) is 2.70. The van der Waals surface area contributed by atoms with Crippen LogP contribution in [0.3, 0.4) is 0 Å². The topological polar surface area (TPSA) is 75.8 Å². The highest BCUT2D eigenvalue weighted by atomic mass is 19.1. The van der Waals surface area contributed by atoms with E-state index in [-0.39, 0.29) is 23.0 Å². The molecule has 1 aliphatic heterocycles. The summed E-state index contributed by atoms with van der Waals surface area (Å²) in [5.74, 6) is -1.26. The van der Waals surface area contributed by atoms with Crippen LogP contribution >= 0.6 is 0 Å². The Kier molecular flexibility index (Phi) is 4.13. The lowest BCUT2D eigenvalue weighted by Gasteiger charge is -2.37. The molecule has 0 amide bonds. The van der Waals surface area contributed by atoms with Gasteiger partial charge in [0.15, 0.2) is 0 Å². The summed E-state index contributed by atoms with van der Waals surface area (Å²) in [6.07, 6.45) is 0.874. The maximum Gasteiger partial charge on any atom is 0.337 e. The molecule has 6 heteroatoms. The van der Waals surface area contributed by atoms with Crippen molar-refractivity contribution < 1.29 is 19.0 Å². The van der Waals surface area contributed by atoms with Crippen molar-refractivity contribution >= 4 is 17.3 Å². The molecule has 0 aromatic heterocycles. The van der Waals surface area contributed by atoms with E-state index in [0.29, 0.717) is 19.0 Å². The van der Waals surface area contributed by atoms with Crippen LogP contribution in [0.15, 0.2) is 12.1 Å². The van der Waals surface area contributed by atoms with E-state index in [4.69, 9.17) is 15.6 Å². The number of nitrogens with two attached hydrogens (primary N) is 1. The molecule has 110 valence electrons. The predicted octanol–water partition coefficient (Wildman–Crippen LogP) is 1.97. The number of piperidine rings is 1. The zero-order valence-corrected chi connectivity index (χ0v) is 11.6. The van der Waals surface area contributed by atoms with E-state index in [9.17, 15) is 9.18 Å². The number of benzene rings is 1. The van der Waals surface area contributed by atoms with Gasteiger partial charge in [-0.05, 0) is 24.5 Å². The number of hydrogen-bond donors (Lipinski definition) is 2. The molecule has 0 spiro atoms. The summed E-state index contributed by atoms with van der Waals surface area (Å²) in [5, 5.41) is 9.07. The summed E-state index contributed by atoms with van der Waals surface area (Å²) in [6.45, 7) is 3.30. The zero-order chi connectivity index (χ0) is 14.9. The Morgan fingerprint density at radius 1 is 1.55 bits per heavy atom. The first-order valence-electron chi connectivity index (χ1n) is 6.54. The van der Waals surface area contributed by atoms with Crippen molar-refractivity contribution in [2.75, 3.05) is 30.8 Å². The highest BCUT2D eigenvalue weighted by molar-refractivity contribution is 5.95. The highest BCUT2D eigenvalue weighted by Crippen LogP contribution is 2.30. The maximum atomic E-state index is 14.1. The molecule has 1 aromatic rings. The molecule has 0 bridgehead atoms. The van der Waals surface area contributed by atoms with Crippen molar-refractivity contribution in [3.05, 3.63) is 23.5 Å². The number of methoxy groups -OCH3 is 1. The number of halogens is 1. The number of nitrogens with zero attached hydrogens (tertiary/aromatic N) is 1. The monoisotopic (exact) mass is 282 g/mol. The van der Waals surface area contributed by atoms with Gasteiger partial charge in [0.25, 0.3) is 0 Å². The lowest BCUT2D eigenvalue weighted by molar-refractivity contribution is 0.0497. The molecule has 1 fully saturated rings. The smallest absolute Gasteiger partial charge is 0.337 e. The van der Waals surface area contributed by atoms with E-state index in [1.54, 1.807) is 7.11 Å². The third-order valence-electron chi connectivity index (χ3n) is 3.88. The Morgan fingerprint density at radius 3 is 2.85 bits per heavy atom. The van der Waals surface area contributed by atoms with E-state index < -0.39 is 11.8 Å². The number of aromatic carboxylic acids is 1. The van der Waals surface area contributed by atoms with Gasteiger partial charge < -0.3 is 20.5 Å². The molecule has 2 unspecified atom stereocenters. The molecular weight excluding hydrogens is 263 g/mol. The van der Waals surface area contributed by atoms with Crippen LogP contribution in [-0.4, -0.2) is 37.4 Å². The fraction of sp³-hybridized carbons (Fsp3) is 0.500. The summed E-state index contributed by atoms with van der Waals surface area (Å²) in [6, 6.07) is 2.37. The molecule has 5 nitrogen and oxygen atoms in total. The predicted molar refractivity (Wildman–Crippen MR) is 74.6 cm³/mol. The number of ether oxygens (including phenoxy) is 1. The average Bonchev–Trinajstić information content (AvgIpc) is 2.39. The fourth-order valence-electron chi connectivity index (χ4n) is 2.56. The fourth-order valence-corrected chi connectivity index (χ4v) is 2.56. The quantitative estimate of drug-likeness (QED) is 0.829. The van der Waals surface area contributed by atoms with E-state index in [2.05, 4.69) is 6.92 Å². The Morgan fingerprint density at radius 2 is 2.25 bits per heavy atom. The van der Waals surface area contributed by atoms with Gasteiger partial charge >= 0.3 is 5.97 Å². The van der Waals surface area contributed by atoms with Crippen LogP contribution in [0.4, 0.5) is 15.8 Å². The lowest BCUT2D eigenvalue weighted by atomic mass is 9.95. The molecule has 20 heavy (non-hydrogen) atoms. The molecule has 1 heterocycles. The Bertz CT molecular complexity index is 521. The summed E-state index contributed by atoms with van der Waals surface area (Å²) >= 11 is 0. The number of carboxylic acids is 1. The average molecular weight is 282 g/mol. The second-order valence-electron chi connectivity index (χ2n) is 5.18. The van der Waals surface area contributed by atoms with Crippen LogP contribution in [0.2, 0.25) is 0 Å². The molecule has 1 saturated heterocycles. The Balaban J connectivity index is 2.33. The van der Waals surface area contributed by atoms with Crippen molar-refractivity contribution in [1.29, 1.82) is 0 Å². The van der Waals surface area contributed by atoms with Crippen LogP contribution in [0.25, 0.3) is 0 Å². The van der Waals surface area contributed by atoms with Gasteiger partial charge in [-0.2, -0.15) is 0 Å². The van der Waals surface area contributed by atoms with Gasteiger partial charge in [-0.3, -0.25) is 0 Å². The second-order valence-corrected chi connectivity index (χ2v) is 5.18. The van der Waals surface area contributed by atoms with Crippen molar-refractivity contribution in [2.24, 2.45) is 5.92 Å². The summed E-state index contributed by atoms with van der Waals surface area (Å²) in [5.41, 5.74) is 5.66. The van der Waals surface area contributed by atoms with Gasteiger partial charge in [0, 0.05) is 25.9 Å². The molecule has 0 aliphatic carbocycles. The van der Waals surface area contributed by atoms with Gasteiger partial charge in [0.2, 0.25) is 0 Å². The summed E-state index contributed by atoms with van der Waals surface area (Å²) in [4.78, 5) is 12.9. The minimum Gasteiger partial charge on any atom is -0.478 e. The van der Waals surface area contributed by atoms with Gasteiger partial charge in [-0.1, -0.05) is 6.92 Å². The molecule has 1 aliphatic rings. The van der Waals surface area contributed by atoms with Gasteiger partial charge in [0.1, 0.15) is 5.82 Å². The first-order valence-corrected chi connectivity index (χ1v) is 6.54. The van der Waals surface area contributed by atoms with Gasteiger partial charge in [0.05, 0.1) is 17.4 Å². The molecule has 3 N–H and O–H groups in total. The number of nitrogen functional groups attached to an aromatic ring is 1. The molecule has 2 atom stereocenters. The van der Waals surface area contributed by atoms with E-state index >= 15 is 0 Å². The van der Waals surface area contributed by atoms with Crippen molar-refractivity contribution in [2.45, 2.75) is 19.4 Å². The van der Waals surface area contributed by atoms with Crippen LogP contribution < -0.4 is 10.6 Å². The standard InChI is InChI=1S/C14H19FN2O3/c1-8-3-4-17(7-13(8)20-2)12-5-9(14(18)19)11(16)6-10(12)15/h5-6,8,13H,3-4,7,16H2,1-2H3,(H,18,19). The number of rotatable bonds is 3. The molecular formula is C14H19FN2O3. The van der Waals surface area contributed by atoms with Crippen LogP contribution in [0.5, 0.6) is 0 Å². The maximum absolute atomic E-state index is 14.1. The molecule has 1 aromatic carbocycles. The minimum atomic E-state index is -1.16. The molecule has 0 saturated carbocycles. The SMILES string of the molecule is COC1CN(c2cc(C(=O)O)c(N)cc2F)CCC1C. The van der Waals surface area contributed by atoms with Crippen molar-refractivity contribution in [3.63, 3.8) is 0 Å². The Labute approximate surface area is 117 Å². The molecule has 2 rings (SSSR count). The Hall–Kier alpha value is -1.82. The van der Waals surface area contributed by atoms with Crippen LogP contribution in [-0.2, 0) is 4.74 Å². The lowest BCUT2D eigenvalue weighted by Crippen LogP contribution is -2.44. The number of carboxylic acid groups (broad SMARTS) is 1. The first kappa shape index (κ1) is 14.6. The number of hydrogen-bond acceptors (Lipinski definition) is 4. The van der Waals surface area contributed by atoms with E-state index in [0.717, 1.165) is 12.5 Å². The second kappa shape index (κ2) is 5.66. The van der Waals surface area contributed by atoms with Gasteiger partial charge in [-0.15, -0.1) is 0 Å². The summed E-state index contributed by atoms with van der Waals surface area (Å²) < 4.78 is 19.4. The van der Waals surface area contributed by atoms with Crippen LogP contribution in [0.1, 0.15) is 23.7 Å². The third-order valence-corrected chi connectivity index (χ3v) is 3.88. The number of anilines is 2.